The lowest BCUT2D eigenvalue weighted by Gasteiger charge is -2.25. The molecule has 1 amide bonds. The van der Waals surface area contributed by atoms with Crippen molar-refractivity contribution in [1.29, 1.82) is 10.5 Å². The van der Waals surface area contributed by atoms with E-state index in [9.17, 15) is 38.8 Å². The average molecular weight is 1730 g/mol. The molecule has 0 aliphatic rings. The average Bonchev–Trinajstić information content (AvgIpc) is 0.763. The van der Waals surface area contributed by atoms with Crippen molar-refractivity contribution in [3.63, 3.8) is 0 Å². The first kappa shape index (κ1) is 92.0. The standard InChI is InChI=1S/C32H30N8O3.C31H34N4O5.C26H26N4O3.C6H5ClN4/c1-4-24(38-29-23(17-33)28(34)36-19(2)37-29)30-39-26-12-8-11-25(27(26)31(41)40(30)22-9-6-5-7-10-22)35-18-20-13-15-21(16-14-20)32(42)43-3;1-6-23(34-30(38)40-31(2,3)4)27-33-25-14-10-13-24(26(25)28(36)35(27)22-11-8-7-9-12-22)32-19-20-15-17-21(18-16-20)29(37)39-5;1-3-20(27)24-29-22-11-7-10-21(23(22)25(31)30(24)19-8-5-4-6-9-19)28-16-17-12-14-18(15-13-17)26(32)33-2;1-3-10-5(7)4(2-8)6(9)11-3/h5-16,24,35H,4,18H2,1-3H3,(H3,34,36,37,38);7-18,23,32H,6,19H2,1-5H3,(H,34,38);4-15,20,28H,3,16,27H2,1-2H3;1H3,(H2,9,10,11)/t24-;23-;20-;/m000./s1. The minimum Gasteiger partial charge on any atom is -0.465 e. The largest absolute Gasteiger partial charge is 0.465 e. The van der Waals surface area contributed by atoms with Gasteiger partial charge in [0.25, 0.3) is 16.7 Å². The van der Waals surface area contributed by atoms with E-state index in [-0.39, 0.29) is 62.4 Å². The Hall–Kier alpha value is -15.7. The molecule has 127 heavy (non-hydrogen) atoms. The molecule has 0 radical (unpaired) electrons. The zero-order chi connectivity index (χ0) is 91.2. The van der Waals surface area contributed by atoms with Crippen LogP contribution in [-0.2, 0) is 38.6 Å². The molecule has 5 heterocycles. The number of rotatable bonds is 24. The molecule has 14 aromatic rings. The summed E-state index contributed by atoms with van der Waals surface area (Å²) in [6.07, 6.45) is 1.09. The van der Waals surface area contributed by atoms with E-state index >= 15 is 0 Å². The van der Waals surface area contributed by atoms with Crippen LogP contribution in [-0.4, -0.2) is 99.5 Å². The highest BCUT2D eigenvalue weighted by Gasteiger charge is 2.29. The molecule has 648 valence electrons. The summed E-state index contributed by atoms with van der Waals surface area (Å²) < 4.78 is 24.5. The van der Waals surface area contributed by atoms with Gasteiger partial charge in [-0.2, -0.15) is 10.5 Å². The Kier molecular flexibility index (Phi) is 30.7. The number of anilines is 6. The van der Waals surface area contributed by atoms with Gasteiger partial charge in [-0.15, -0.1) is 0 Å². The number of nitrogens with two attached hydrogens (primary N) is 3. The van der Waals surface area contributed by atoms with E-state index < -0.39 is 35.7 Å². The Morgan fingerprint density at radius 1 is 0.441 bits per heavy atom. The number of esters is 3. The second kappa shape index (κ2) is 42.4. The van der Waals surface area contributed by atoms with Crippen LogP contribution in [0.4, 0.5) is 39.3 Å². The number of alkyl carbamates (subject to hydrolysis) is 1. The van der Waals surface area contributed by atoms with Gasteiger partial charge in [-0.25, -0.2) is 54.1 Å². The Morgan fingerprint density at radius 2 is 0.780 bits per heavy atom. The normalized spacial score (nSPS) is 11.6. The molecular weight excluding hydrogens is 1630 g/mol. The van der Waals surface area contributed by atoms with Crippen LogP contribution in [0, 0.1) is 36.5 Å². The van der Waals surface area contributed by atoms with E-state index in [1.807, 2.05) is 197 Å². The van der Waals surface area contributed by atoms with Crippen molar-refractivity contribution < 1.29 is 38.1 Å². The molecule has 0 unspecified atom stereocenters. The number of nitrogens with one attached hydrogen (secondary N) is 5. The van der Waals surface area contributed by atoms with Gasteiger partial charge >= 0.3 is 24.0 Å². The van der Waals surface area contributed by atoms with Crippen molar-refractivity contribution in [2.45, 2.75) is 118 Å². The fourth-order valence-electron chi connectivity index (χ4n) is 13.6. The second-order valence-electron chi connectivity index (χ2n) is 29.7. The maximum atomic E-state index is 14.3. The number of ether oxygens (including phenoxy) is 4. The zero-order valence-corrected chi connectivity index (χ0v) is 72.5. The van der Waals surface area contributed by atoms with Gasteiger partial charge in [-0.05, 0) is 180 Å². The van der Waals surface area contributed by atoms with Crippen LogP contribution in [0.2, 0.25) is 5.15 Å². The second-order valence-corrected chi connectivity index (χ2v) is 30.1. The lowest BCUT2D eigenvalue weighted by Crippen LogP contribution is -2.37. The van der Waals surface area contributed by atoms with Crippen LogP contribution in [0.25, 0.3) is 49.8 Å². The molecule has 0 aliphatic heterocycles. The van der Waals surface area contributed by atoms with Gasteiger partial charge in [0.1, 0.15) is 69.6 Å². The zero-order valence-electron chi connectivity index (χ0n) is 71.7. The molecule has 9 aromatic carbocycles. The van der Waals surface area contributed by atoms with Crippen molar-refractivity contribution >= 4 is 103 Å². The van der Waals surface area contributed by atoms with Crippen molar-refractivity contribution in [3.8, 4) is 29.2 Å². The molecular formula is C95H95ClN20O11. The first-order valence-electron chi connectivity index (χ1n) is 40.5. The van der Waals surface area contributed by atoms with Gasteiger partial charge < -0.3 is 62.7 Å². The smallest absolute Gasteiger partial charge is 0.408 e. The van der Waals surface area contributed by atoms with E-state index in [1.165, 1.54) is 21.3 Å². The number of carbonyl (C=O) groups is 4. The fourth-order valence-corrected chi connectivity index (χ4v) is 13.8. The lowest BCUT2D eigenvalue weighted by atomic mass is 10.1. The predicted molar refractivity (Wildman–Crippen MR) is 490 cm³/mol. The SMILES string of the molecule is CC[C@H](N)c1nc2cccc(NCc3ccc(C(=O)OC)cc3)c2c(=O)n1-c1ccccc1.CC[C@H](NC(=O)OC(C)(C)C)c1nc2cccc(NCc3ccc(C(=O)OC)cc3)c2c(=O)n1-c1ccccc1.CC[C@H](Nc1nc(C)nc(N)c1C#N)c1nc2cccc(NCc3ccc(C(=O)OC)cc3)c2c(=O)n1-c1ccccc1.Cc1nc(N)c(C#N)c(Cl)n1. The number of fused-ring (bicyclic) bond motifs is 3. The minimum absolute atomic E-state index is 0.0786. The minimum atomic E-state index is -0.668. The molecule has 3 atom stereocenters. The van der Waals surface area contributed by atoms with Crippen LogP contribution in [0.5, 0.6) is 0 Å². The van der Waals surface area contributed by atoms with Crippen LogP contribution in [0.15, 0.2) is 233 Å². The topological polar surface area (TPSA) is 447 Å². The molecule has 0 bridgehead atoms. The van der Waals surface area contributed by atoms with Crippen molar-refractivity contribution in [3.05, 3.63) is 328 Å². The third-order valence-electron chi connectivity index (χ3n) is 19.9. The molecule has 0 fully saturated rings. The number of aromatic nitrogens is 10. The molecule has 5 aromatic heterocycles. The van der Waals surface area contributed by atoms with E-state index in [0.29, 0.717) is 146 Å². The number of benzene rings is 9. The summed E-state index contributed by atoms with van der Waals surface area (Å²) in [4.78, 5) is 121. The molecule has 0 saturated heterocycles. The Balaban J connectivity index is 0.000000175. The Bertz CT molecular complexity index is 6580. The molecule has 0 saturated carbocycles. The number of nitriles is 2. The number of hydrogen-bond donors (Lipinski definition) is 8. The van der Waals surface area contributed by atoms with Gasteiger partial charge in [0, 0.05) is 36.7 Å². The Labute approximate surface area is 736 Å². The van der Waals surface area contributed by atoms with Crippen LogP contribution in [0.3, 0.4) is 0 Å². The summed E-state index contributed by atoms with van der Waals surface area (Å²) in [5.74, 6) is 1.59. The number of methoxy groups -OCH3 is 3. The fraction of sp³-hybridized carbons (Fsp3) is 0.221. The first-order valence-corrected chi connectivity index (χ1v) is 40.8. The van der Waals surface area contributed by atoms with E-state index in [4.69, 9.17) is 68.0 Å². The summed E-state index contributed by atoms with van der Waals surface area (Å²) in [6, 6.07) is 68.1. The van der Waals surface area contributed by atoms with Crippen molar-refractivity contribution in [1.82, 2.24) is 53.9 Å². The van der Waals surface area contributed by atoms with Gasteiger partial charge in [0.15, 0.2) is 11.0 Å². The maximum absolute atomic E-state index is 14.3. The number of halogens is 1. The molecule has 14 rings (SSSR count). The third-order valence-corrected chi connectivity index (χ3v) is 20.2. The summed E-state index contributed by atoms with van der Waals surface area (Å²) in [5.41, 5.74) is 26.4. The highest BCUT2D eigenvalue weighted by Crippen LogP contribution is 2.32. The van der Waals surface area contributed by atoms with Gasteiger partial charge in [-0.1, -0.05) is 142 Å². The summed E-state index contributed by atoms with van der Waals surface area (Å²) in [6.45, 7) is 15.9. The number of hydrogen-bond acceptors (Lipinski definition) is 27. The van der Waals surface area contributed by atoms with Gasteiger partial charge in [0.2, 0.25) is 0 Å². The summed E-state index contributed by atoms with van der Waals surface area (Å²) in [5, 5.41) is 35.9. The number of nitrogen functional groups attached to an aromatic ring is 2. The predicted octanol–water partition coefficient (Wildman–Crippen LogP) is 15.7. The Morgan fingerprint density at radius 3 is 1.11 bits per heavy atom. The summed E-state index contributed by atoms with van der Waals surface area (Å²) in [7, 11) is 4.04. The number of para-hydroxylation sites is 3. The highest BCUT2D eigenvalue weighted by atomic mass is 35.5. The number of carbonyl (C=O) groups excluding carboxylic acids is 4. The highest BCUT2D eigenvalue weighted by molar-refractivity contribution is 6.30. The van der Waals surface area contributed by atoms with Crippen LogP contribution >= 0.6 is 11.6 Å². The molecule has 32 heteroatoms. The maximum Gasteiger partial charge on any atom is 0.408 e. The third kappa shape index (κ3) is 22.4. The molecule has 11 N–H and O–H groups in total. The number of nitrogens with zero attached hydrogens (tertiary/aromatic N) is 12. The molecule has 0 spiro atoms. The molecule has 31 nitrogen and oxygen atoms in total. The van der Waals surface area contributed by atoms with E-state index in [0.717, 1.165) is 22.4 Å². The molecule has 0 aliphatic carbocycles. The lowest BCUT2D eigenvalue weighted by molar-refractivity contribution is 0.0496. The van der Waals surface area contributed by atoms with E-state index in [1.54, 1.807) is 96.9 Å². The van der Waals surface area contributed by atoms with Crippen LogP contribution < -0.4 is 60.5 Å². The van der Waals surface area contributed by atoms with Gasteiger partial charge in [0.05, 0.1) is 106 Å². The van der Waals surface area contributed by atoms with E-state index in [2.05, 4.69) is 52.6 Å². The monoisotopic (exact) mass is 1730 g/mol. The summed E-state index contributed by atoms with van der Waals surface area (Å²) >= 11 is 5.58. The quantitative estimate of drug-likeness (QED) is 0.0158. The van der Waals surface area contributed by atoms with Gasteiger partial charge in [-0.3, -0.25) is 28.1 Å². The van der Waals surface area contributed by atoms with Crippen molar-refractivity contribution in [2.75, 3.05) is 54.1 Å². The number of aryl methyl sites for hydroxylation is 2. The first-order chi connectivity index (χ1) is 61.1. The van der Waals surface area contributed by atoms with Crippen molar-refractivity contribution in [2.24, 2.45) is 5.73 Å². The number of amides is 1. The van der Waals surface area contributed by atoms with Crippen LogP contribution in [0.1, 0.15) is 167 Å².